The van der Waals surface area contributed by atoms with Crippen LogP contribution in [0.4, 0.5) is 0 Å². The molecule has 25 heavy (non-hydrogen) atoms. The van der Waals surface area contributed by atoms with Gasteiger partial charge in [0, 0.05) is 13.1 Å². The highest BCUT2D eigenvalue weighted by Gasteiger charge is 2.14. The topological polar surface area (TPSA) is 86.7 Å². The quantitative estimate of drug-likeness (QED) is 0.668. The molecule has 6 nitrogen and oxygen atoms in total. The highest BCUT2D eigenvalue weighted by atomic mass is 32.2. The molecule has 0 saturated heterocycles. The van der Waals surface area contributed by atoms with Crippen molar-refractivity contribution in [3.05, 3.63) is 65.7 Å². The van der Waals surface area contributed by atoms with Gasteiger partial charge in [-0.2, -0.15) is 0 Å². The van der Waals surface area contributed by atoms with Crippen LogP contribution >= 0.6 is 0 Å². The van der Waals surface area contributed by atoms with Gasteiger partial charge in [-0.1, -0.05) is 30.3 Å². The van der Waals surface area contributed by atoms with Crippen molar-refractivity contribution in [3.63, 3.8) is 0 Å². The Balaban J connectivity index is 1.79. The average Bonchev–Trinajstić information content (AvgIpc) is 2.60. The van der Waals surface area contributed by atoms with Crippen LogP contribution in [-0.4, -0.2) is 44.5 Å². The number of hydrogen-bond donors (Lipinski definition) is 2. The molecule has 0 fully saturated rings. The van der Waals surface area contributed by atoms with E-state index in [1.807, 2.05) is 25.2 Å². The fourth-order valence-corrected chi connectivity index (χ4v) is 3.46. The number of carboxylic acid groups (broad SMARTS) is 1. The highest BCUT2D eigenvalue weighted by Crippen LogP contribution is 2.10. The van der Waals surface area contributed by atoms with E-state index in [0.29, 0.717) is 13.0 Å². The van der Waals surface area contributed by atoms with Crippen LogP contribution in [0.1, 0.15) is 22.3 Å². The third-order valence-electron chi connectivity index (χ3n) is 3.72. The zero-order valence-electron chi connectivity index (χ0n) is 14.1. The molecule has 2 aromatic rings. The molecule has 2 aromatic carbocycles. The predicted molar refractivity (Wildman–Crippen MR) is 96.0 cm³/mol. The van der Waals surface area contributed by atoms with Crippen LogP contribution in [0.2, 0.25) is 0 Å². The largest absolute Gasteiger partial charge is 0.478 e. The van der Waals surface area contributed by atoms with Gasteiger partial charge in [-0.05, 0) is 49.8 Å². The maximum Gasteiger partial charge on any atom is 0.335 e. The number of nitrogens with zero attached hydrogens (tertiary/aromatic N) is 1. The Kier molecular flexibility index (Phi) is 6.69. The minimum Gasteiger partial charge on any atom is -0.478 e. The summed E-state index contributed by atoms with van der Waals surface area (Å²) in [5.41, 5.74) is 1.27. The van der Waals surface area contributed by atoms with E-state index in [-0.39, 0.29) is 10.5 Å². The van der Waals surface area contributed by atoms with Crippen molar-refractivity contribution >= 4 is 16.0 Å². The van der Waals surface area contributed by atoms with Crippen molar-refractivity contribution in [3.8, 4) is 0 Å². The molecule has 0 aromatic heterocycles. The number of benzene rings is 2. The van der Waals surface area contributed by atoms with Crippen molar-refractivity contribution < 1.29 is 18.3 Å². The lowest BCUT2D eigenvalue weighted by Crippen LogP contribution is -2.28. The lowest BCUT2D eigenvalue weighted by molar-refractivity contribution is 0.0696. The SMILES string of the molecule is CN(CCCNS(=O)(=O)c1ccc(C(=O)O)cc1)Cc1ccccc1. The molecule has 0 spiro atoms. The van der Waals surface area contributed by atoms with Crippen LogP contribution in [0.5, 0.6) is 0 Å². The zero-order chi connectivity index (χ0) is 18.3. The number of hydrogen-bond acceptors (Lipinski definition) is 4. The summed E-state index contributed by atoms with van der Waals surface area (Å²) in [4.78, 5) is 13.0. The van der Waals surface area contributed by atoms with Crippen LogP contribution in [0.25, 0.3) is 0 Å². The molecule has 134 valence electrons. The van der Waals surface area contributed by atoms with Gasteiger partial charge in [-0.15, -0.1) is 0 Å². The van der Waals surface area contributed by atoms with Crippen molar-refractivity contribution in [2.45, 2.75) is 17.9 Å². The molecule has 0 saturated carbocycles. The molecule has 0 aliphatic carbocycles. The van der Waals surface area contributed by atoms with Crippen molar-refractivity contribution in [1.82, 2.24) is 9.62 Å². The number of carbonyl (C=O) groups is 1. The molecule has 0 unspecified atom stereocenters. The lowest BCUT2D eigenvalue weighted by Gasteiger charge is -2.16. The molecular weight excluding hydrogens is 340 g/mol. The third-order valence-corrected chi connectivity index (χ3v) is 5.19. The monoisotopic (exact) mass is 362 g/mol. The maximum absolute atomic E-state index is 12.2. The summed E-state index contributed by atoms with van der Waals surface area (Å²) < 4.78 is 26.9. The predicted octanol–water partition coefficient (Wildman–Crippen LogP) is 2.19. The van der Waals surface area contributed by atoms with E-state index in [9.17, 15) is 13.2 Å². The molecular formula is C18H22N2O4S. The summed E-state index contributed by atoms with van der Waals surface area (Å²) in [5.74, 6) is -1.08. The summed E-state index contributed by atoms with van der Waals surface area (Å²) in [6.45, 7) is 1.89. The summed E-state index contributed by atoms with van der Waals surface area (Å²) >= 11 is 0. The van der Waals surface area contributed by atoms with Crippen LogP contribution in [0.15, 0.2) is 59.5 Å². The average molecular weight is 362 g/mol. The number of carboxylic acids is 1. The van der Waals surface area contributed by atoms with Gasteiger partial charge in [-0.3, -0.25) is 0 Å². The molecule has 0 aliphatic rings. The Morgan fingerprint density at radius 1 is 1.08 bits per heavy atom. The molecule has 7 heteroatoms. The molecule has 2 rings (SSSR count). The molecule has 0 radical (unpaired) electrons. The van der Waals surface area contributed by atoms with Gasteiger partial charge < -0.3 is 10.0 Å². The minimum atomic E-state index is -3.62. The van der Waals surface area contributed by atoms with Crippen LogP contribution in [0.3, 0.4) is 0 Å². The van der Waals surface area contributed by atoms with E-state index in [2.05, 4.69) is 21.8 Å². The third kappa shape index (κ3) is 5.97. The first-order valence-electron chi connectivity index (χ1n) is 7.94. The second kappa shape index (κ2) is 8.75. The summed E-state index contributed by atoms with van der Waals surface area (Å²) in [5, 5.41) is 8.84. The first kappa shape index (κ1) is 19.1. The van der Waals surface area contributed by atoms with Crippen molar-refractivity contribution in [2.24, 2.45) is 0 Å². The Bertz CT molecular complexity index is 790. The Hall–Kier alpha value is -2.22. The van der Waals surface area contributed by atoms with Gasteiger partial charge in [0.2, 0.25) is 10.0 Å². The summed E-state index contributed by atoms with van der Waals surface area (Å²) in [6.07, 6.45) is 0.676. The summed E-state index contributed by atoms with van der Waals surface area (Å²) in [7, 11) is -1.63. The second-order valence-corrected chi connectivity index (χ2v) is 7.57. The van der Waals surface area contributed by atoms with E-state index in [0.717, 1.165) is 13.1 Å². The fraction of sp³-hybridized carbons (Fsp3) is 0.278. The lowest BCUT2D eigenvalue weighted by atomic mass is 10.2. The van der Waals surface area contributed by atoms with Gasteiger partial charge in [0.05, 0.1) is 10.5 Å². The van der Waals surface area contributed by atoms with Gasteiger partial charge in [0.15, 0.2) is 0 Å². The maximum atomic E-state index is 12.2. The summed E-state index contributed by atoms with van der Waals surface area (Å²) in [6, 6.07) is 15.2. The molecule has 0 atom stereocenters. The smallest absolute Gasteiger partial charge is 0.335 e. The van der Waals surface area contributed by atoms with E-state index in [4.69, 9.17) is 5.11 Å². The van der Waals surface area contributed by atoms with Crippen LogP contribution in [-0.2, 0) is 16.6 Å². The second-order valence-electron chi connectivity index (χ2n) is 5.80. The van der Waals surface area contributed by atoms with Gasteiger partial charge >= 0.3 is 5.97 Å². The molecule has 0 aliphatic heterocycles. The zero-order valence-corrected chi connectivity index (χ0v) is 14.9. The number of sulfonamides is 1. The highest BCUT2D eigenvalue weighted by molar-refractivity contribution is 7.89. The van der Waals surface area contributed by atoms with E-state index < -0.39 is 16.0 Å². The normalized spacial score (nSPS) is 11.6. The van der Waals surface area contributed by atoms with E-state index >= 15 is 0 Å². The van der Waals surface area contributed by atoms with Crippen molar-refractivity contribution in [2.75, 3.05) is 20.1 Å². The van der Waals surface area contributed by atoms with E-state index in [1.54, 1.807) is 0 Å². The first-order valence-corrected chi connectivity index (χ1v) is 9.42. The van der Waals surface area contributed by atoms with Crippen LogP contribution in [0, 0.1) is 0 Å². The Morgan fingerprint density at radius 2 is 1.72 bits per heavy atom. The Labute approximate surface area is 148 Å². The van der Waals surface area contributed by atoms with Crippen LogP contribution < -0.4 is 4.72 Å². The Morgan fingerprint density at radius 3 is 2.32 bits per heavy atom. The minimum absolute atomic E-state index is 0.0569. The number of rotatable bonds is 9. The van der Waals surface area contributed by atoms with Gasteiger partial charge in [0.1, 0.15) is 0 Å². The van der Waals surface area contributed by atoms with E-state index in [1.165, 1.54) is 29.8 Å². The molecule has 2 N–H and O–H groups in total. The molecule has 0 amide bonds. The molecule has 0 heterocycles. The number of nitrogens with one attached hydrogen (secondary N) is 1. The first-order chi connectivity index (χ1) is 11.9. The van der Waals surface area contributed by atoms with Crippen molar-refractivity contribution in [1.29, 1.82) is 0 Å². The fourth-order valence-electron chi connectivity index (χ4n) is 2.39. The standard InChI is InChI=1S/C18H22N2O4S/c1-20(14-15-6-3-2-4-7-15)13-5-12-19-25(23,24)17-10-8-16(9-11-17)18(21)22/h2-4,6-11,19H,5,12-14H2,1H3,(H,21,22). The van der Waals surface area contributed by atoms with Gasteiger partial charge in [0.25, 0.3) is 0 Å². The molecule has 0 bridgehead atoms. The van der Waals surface area contributed by atoms with Gasteiger partial charge in [-0.25, -0.2) is 17.9 Å². The number of aromatic carboxylic acids is 1.